The number of morpholine rings is 1. The number of nitrogens with zero attached hydrogens (tertiary/aromatic N) is 3. The number of methoxy groups -OCH3 is 2. The van der Waals surface area contributed by atoms with Gasteiger partial charge in [-0.05, 0) is 28.8 Å². The summed E-state index contributed by atoms with van der Waals surface area (Å²) in [6, 6.07) is 22.2. The molecule has 4 aromatic rings. The number of hydrogen-bond donors (Lipinski definition) is 0. The molecule has 192 valence electrons. The van der Waals surface area contributed by atoms with Crippen LogP contribution >= 0.6 is 11.3 Å². The number of hydrogen-bond acceptors (Lipinski definition) is 7. The lowest BCUT2D eigenvalue weighted by molar-refractivity contribution is -0.118. The molecule has 1 saturated heterocycles. The van der Waals surface area contributed by atoms with Crippen LogP contribution in [0.2, 0.25) is 0 Å². The number of benzene rings is 3. The molecular weight excluding hydrogens is 486 g/mol. The van der Waals surface area contributed by atoms with Crippen molar-refractivity contribution in [3.8, 4) is 22.6 Å². The van der Waals surface area contributed by atoms with Gasteiger partial charge in [0.2, 0.25) is 5.91 Å². The quantitative estimate of drug-likeness (QED) is 0.315. The van der Waals surface area contributed by atoms with Crippen molar-refractivity contribution in [2.24, 2.45) is 0 Å². The topological polar surface area (TPSA) is 64.1 Å². The van der Waals surface area contributed by atoms with E-state index in [4.69, 9.17) is 19.2 Å². The number of rotatable bonds is 9. The van der Waals surface area contributed by atoms with E-state index in [-0.39, 0.29) is 5.91 Å². The second kappa shape index (κ2) is 11.7. The van der Waals surface area contributed by atoms with Crippen molar-refractivity contribution in [2.75, 3.05) is 58.5 Å². The molecule has 0 N–H and O–H groups in total. The monoisotopic (exact) mass is 517 g/mol. The molecule has 5 rings (SSSR count). The van der Waals surface area contributed by atoms with Crippen molar-refractivity contribution in [3.63, 3.8) is 0 Å². The summed E-state index contributed by atoms with van der Waals surface area (Å²) < 4.78 is 17.5. The van der Waals surface area contributed by atoms with Crippen molar-refractivity contribution < 1.29 is 19.0 Å². The van der Waals surface area contributed by atoms with Gasteiger partial charge in [0.25, 0.3) is 0 Å². The van der Waals surface area contributed by atoms with Gasteiger partial charge in [0.05, 0.1) is 33.9 Å². The van der Waals surface area contributed by atoms with Crippen LogP contribution in [0.1, 0.15) is 5.56 Å². The summed E-state index contributed by atoms with van der Waals surface area (Å²) in [7, 11) is 3.27. The average molecular weight is 518 g/mol. The standard InChI is InChI=1S/C29H31N3O4S/c1-34-24-12-13-25(35-2)28-27(24)30-29(37-28)32(15-14-31-16-18-36-19-17-31)26(33)20-21-8-10-23(11-9-21)22-6-4-3-5-7-22/h3-13H,14-20H2,1-2H3. The molecule has 0 saturated carbocycles. The number of thiazole rings is 1. The zero-order chi connectivity index (χ0) is 25.6. The van der Waals surface area contributed by atoms with E-state index in [1.54, 1.807) is 14.2 Å². The van der Waals surface area contributed by atoms with Gasteiger partial charge in [0, 0.05) is 26.2 Å². The predicted octanol–water partition coefficient (Wildman–Crippen LogP) is 4.89. The number of carbonyl (C=O) groups excluding carboxylic acids is 1. The van der Waals surface area contributed by atoms with Gasteiger partial charge in [-0.15, -0.1) is 0 Å². The summed E-state index contributed by atoms with van der Waals surface area (Å²) in [4.78, 5) is 22.7. The Morgan fingerprint density at radius 1 is 0.946 bits per heavy atom. The first-order valence-electron chi connectivity index (χ1n) is 12.4. The molecule has 2 heterocycles. The fourth-order valence-corrected chi connectivity index (χ4v) is 5.62. The van der Waals surface area contributed by atoms with Crippen molar-refractivity contribution in [2.45, 2.75) is 6.42 Å². The minimum Gasteiger partial charge on any atom is -0.495 e. The fourth-order valence-electron chi connectivity index (χ4n) is 4.50. The first-order valence-corrected chi connectivity index (χ1v) is 13.2. The number of anilines is 1. The van der Waals surface area contributed by atoms with Crippen molar-refractivity contribution in [1.82, 2.24) is 9.88 Å². The summed E-state index contributed by atoms with van der Waals surface area (Å²) in [5.74, 6) is 1.39. The van der Waals surface area contributed by atoms with Crippen molar-refractivity contribution in [1.29, 1.82) is 0 Å². The number of amides is 1. The molecule has 1 fully saturated rings. The maximum atomic E-state index is 13.7. The maximum Gasteiger partial charge on any atom is 0.233 e. The van der Waals surface area contributed by atoms with Crippen LogP contribution in [0.5, 0.6) is 11.5 Å². The molecule has 37 heavy (non-hydrogen) atoms. The van der Waals surface area contributed by atoms with Gasteiger partial charge < -0.3 is 14.2 Å². The molecule has 0 radical (unpaired) electrons. The summed E-state index contributed by atoms with van der Waals surface area (Å²) in [5, 5.41) is 0.650. The molecule has 0 aliphatic carbocycles. The van der Waals surface area contributed by atoms with E-state index >= 15 is 0 Å². The number of fused-ring (bicyclic) bond motifs is 1. The predicted molar refractivity (Wildman–Crippen MR) is 148 cm³/mol. The van der Waals surface area contributed by atoms with Gasteiger partial charge >= 0.3 is 0 Å². The van der Waals surface area contributed by atoms with E-state index in [0.717, 1.165) is 60.0 Å². The SMILES string of the molecule is COc1ccc(OC)c2sc(N(CCN3CCOCC3)C(=O)Cc3ccc(-c4ccccc4)cc3)nc12. The third kappa shape index (κ3) is 5.77. The molecular formula is C29H31N3O4S. The highest BCUT2D eigenvalue weighted by atomic mass is 32.1. The summed E-state index contributed by atoms with van der Waals surface area (Å²) in [6.07, 6.45) is 0.294. The van der Waals surface area contributed by atoms with Crippen molar-refractivity contribution in [3.05, 3.63) is 72.3 Å². The van der Waals surface area contributed by atoms with Crippen molar-refractivity contribution >= 4 is 32.6 Å². The summed E-state index contributed by atoms with van der Waals surface area (Å²) >= 11 is 1.46. The van der Waals surface area contributed by atoms with E-state index in [2.05, 4.69) is 29.2 Å². The normalized spacial score (nSPS) is 14.0. The van der Waals surface area contributed by atoms with Gasteiger partial charge in [0.1, 0.15) is 21.7 Å². The third-order valence-corrected chi connectivity index (χ3v) is 7.68. The van der Waals surface area contributed by atoms with Crippen LogP contribution in [-0.4, -0.2) is 69.4 Å². The minimum atomic E-state index is 0.0118. The first kappa shape index (κ1) is 25.2. The molecule has 0 bridgehead atoms. The van der Waals surface area contributed by atoms with Crippen LogP contribution in [0.4, 0.5) is 5.13 Å². The Kier molecular flexibility index (Phi) is 7.99. The molecule has 0 atom stereocenters. The minimum absolute atomic E-state index is 0.0118. The fraction of sp³-hybridized carbons (Fsp3) is 0.310. The molecule has 1 aliphatic rings. The lowest BCUT2D eigenvalue weighted by atomic mass is 10.0. The van der Waals surface area contributed by atoms with Gasteiger partial charge in [-0.25, -0.2) is 4.98 Å². The molecule has 8 heteroatoms. The van der Waals surface area contributed by atoms with E-state index in [0.29, 0.717) is 29.4 Å². The average Bonchev–Trinajstić information content (AvgIpc) is 3.39. The Bertz CT molecular complexity index is 1290. The third-order valence-electron chi connectivity index (χ3n) is 6.59. The van der Waals surface area contributed by atoms with E-state index in [1.807, 2.05) is 47.4 Å². The maximum absolute atomic E-state index is 13.7. The van der Waals surface area contributed by atoms with Crippen LogP contribution in [0.3, 0.4) is 0 Å². The molecule has 0 spiro atoms. The highest BCUT2D eigenvalue weighted by Gasteiger charge is 2.24. The Morgan fingerprint density at radius 3 is 2.32 bits per heavy atom. The zero-order valence-corrected chi connectivity index (χ0v) is 22.0. The number of carbonyl (C=O) groups is 1. The number of aromatic nitrogens is 1. The van der Waals surface area contributed by atoms with E-state index < -0.39 is 0 Å². The van der Waals surface area contributed by atoms with Gasteiger partial charge in [-0.1, -0.05) is 65.9 Å². The molecule has 1 aliphatic heterocycles. The highest BCUT2D eigenvalue weighted by Crippen LogP contribution is 2.40. The lowest BCUT2D eigenvalue weighted by Crippen LogP contribution is -2.43. The van der Waals surface area contributed by atoms with Gasteiger partial charge in [-0.3, -0.25) is 14.6 Å². The largest absolute Gasteiger partial charge is 0.495 e. The molecule has 0 unspecified atom stereocenters. The molecule has 1 aromatic heterocycles. The smallest absolute Gasteiger partial charge is 0.233 e. The molecule has 1 amide bonds. The first-order chi connectivity index (χ1) is 18.2. The van der Waals surface area contributed by atoms with Gasteiger partial charge in [-0.2, -0.15) is 0 Å². The van der Waals surface area contributed by atoms with Crippen LogP contribution in [0, 0.1) is 0 Å². The van der Waals surface area contributed by atoms with Crippen LogP contribution in [0.15, 0.2) is 66.7 Å². The summed E-state index contributed by atoms with van der Waals surface area (Å²) in [5.41, 5.74) is 3.96. The van der Waals surface area contributed by atoms with Crippen LogP contribution < -0.4 is 14.4 Å². The summed E-state index contributed by atoms with van der Waals surface area (Å²) in [6.45, 7) is 4.47. The zero-order valence-electron chi connectivity index (χ0n) is 21.2. The Morgan fingerprint density at radius 2 is 1.62 bits per heavy atom. The molecule has 3 aromatic carbocycles. The Labute approximate surface area is 221 Å². The number of ether oxygens (including phenoxy) is 3. The highest BCUT2D eigenvalue weighted by molar-refractivity contribution is 7.22. The second-order valence-corrected chi connectivity index (χ2v) is 9.86. The lowest BCUT2D eigenvalue weighted by Gasteiger charge is -2.29. The van der Waals surface area contributed by atoms with Crippen LogP contribution in [-0.2, 0) is 16.0 Å². The van der Waals surface area contributed by atoms with E-state index in [9.17, 15) is 4.79 Å². The Hall–Kier alpha value is -3.46. The van der Waals surface area contributed by atoms with Gasteiger partial charge in [0.15, 0.2) is 5.13 Å². The van der Waals surface area contributed by atoms with Crippen LogP contribution in [0.25, 0.3) is 21.3 Å². The second-order valence-electron chi connectivity index (χ2n) is 8.88. The Balaban J connectivity index is 1.41. The van der Waals surface area contributed by atoms with E-state index in [1.165, 1.54) is 11.3 Å². The molecule has 7 nitrogen and oxygen atoms in total.